The third-order valence-electron chi connectivity index (χ3n) is 3.50. The number of carbonyl (C=O) groups excluding carboxylic acids is 2. The molecule has 13 heteroatoms. The van der Waals surface area contributed by atoms with Crippen LogP contribution in [0.5, 0.6) is 5.75 Å². The summed E-state index contributed by atoms with van der Waals surface area (Å²) in [6.07, 6.45) is -3.54. The standard InChI is InChI=1S/C17H19F4NO7S/c1-11(2)14(23)29-13-7-5-6-12(10-13)22-15(24)28-9-4-3-8-16(18,19)17(20,21)30(25,26)27/h5-7,10H,1,3-4,8-9H2,2H3,(H,22,24)(H,25,26,27)/p-1. The van der Waals surface area contributed by atoms with Gasteiger partial charge in [-0.25, -0.2) is 18.0 Å². The number of nitrogens with one attached hydrogen (secondary N) is 1. The lowest BCUT2D eigenvalue weighted by molar-refractivity contribution is -0.165. The molecule has 0 unspecified atom stereocenters. The molecular formula is C17H18F4NO7S-. The van der Waals surface area contributed by atoms with Crippen molar-refractivity contribution in [3.63, 3.8) is 0 Å². The maximum atomic E-state index is 13.3. The third kappa shape index (κ3) is 6.99. The highest BCUT2D eigenvalue weighted by Gasteiger charge is 2.60. The SMILES string of the molecule is C=C(C)C(=O)Oc1cccc(NC(=O)OCCCCC(F)(F)C(F)(F)S(=O)(=O)[O-])c1. The number of unbranched alkanes of at least 4 members (excludes halogenated alkanes) is 1. The van der Waals surface area contributed by atoms with Gasteiger partial charge in [0.25, 0.3) is 0 Å². The smallest absolute Gasteiger partial charge is 0.411 e. The molecule has 0 saturated carbocycles. The number of benzene rings is 1. The minimum Gasteiger partial charge on any atom is -0.743 e. The van der Waals surface area contributed by atoms with Crippen molar-refractivity contribution in [3.8, 4) is 5.75 Å². The van der Waals surface area contributed by atoms with E-state index < -0.39 is 52.8 Å². The first kappa shape index (κ1) is 25.4. The van der Waals surface area contributed by atoms with E-state index in [1.165, 1.54) is 31.2 Å². The number of esters is 1. The molecule has 0 radical (unpaired) electrons. The predicted octanol–water partition coefficient (Wildman–Crippen LogP) is 3.66. The van der Waals surface area contributed by atoms with Crippen LogP contribution in [0.2, 0.25) is 0 Å². The molecule has 0 atom stereocenters. The topological polar surface area (TPSA) is 122 Å². The van der Waals surface area contributed by atoms with Gasteiger partial charge in [-0.2, -0.15) is 17.6 Å². The van der Waals surface area contributed by atoms with Crippen LogP contribution in [0.15, 0.2) is 36.4 Å². The molecule has 1 aromatic rings. The molecule has 0 fully saturated rings. The van der Waals surface area contributed by atoms with E-state index in [-0.39, 0.29) is 23.4 Å². The van der Waals surface area contributed by atoms with E-state index in [9.17, 15) is 40.1 Å². The predicted molar refractivity (Wildman–Crippen MR) is 95.3 cm³/mol. The van der Waals surface area contributed by atoms with Crippen LogP contribution in [-0.4, -0.2) is 42.8 Å². The molecule has 0 aliphatic rings. The largest absolute Gasteiger partial charge is 0.743 e. The van der Waals surface area contributed by atoms with Crippen LogP contribution in [0.1, 0.15) is 26.2 Å². The summed E-state index contributed by atoms with van der Waals surface area (Å²) >= 11 is 0. The van der Waals surface area contributed by atoms with Crippen molar-refractivity contribution in [2.24, 2.45) is 0 Å². The number of rotatable bonds is 10. The molecule has 8 nitrogen and oxygen atoms in total. The Morgan fingerprint density at radius 2 is 1.83 bits per heavy atom. The van der Waals surface area contributed by atoms with Gasteiger partial charge in [0.15, 0.2) is 10.1 Å². The van der Waals surface area contributed by atoms with E-state index >= 15 is 0 Å². The maximum Gasteiger partial charge on any atom is 0.411 e. The number of hydrogen-bond acceptors (Lipinski definition) is 7. The van der Waals surface area contributed by atoms with Crippen molar-refractivity contribution in [1.29, 1.82) is 0 Å². The first-order valence-electron chi connectivity index (χ1n) is 8.30. The minimum atomic E-state index is -6.53. The van der Waals surface area contributed by atoms with Crippen LogP contribution in [0.25, 0.3) is 0 Å². The van der Waals surface area contributed by atoms with Gasteiger partial charge in [-0.05, 0) is 31.9 Å². The minimum absolute atomic E-state index is 0.109. The van der Waals surface area contributed by atoms with Crippen molar-refractivity contribution in [1.82, 2.24) is 0 Å². The summed E-state index contributed by atoms with van der Waals surface area (Å²) in [7, 11) is -6.53. The van der Waals surface area contributed by atoms with Crippen LogP contribution in [0, 0.1) is 0 Å². The lowest BCUT2D eigenvalue weighted by Gasteiger charge is -2.28. The normalized spacial score (nSPS) is 12.2. The Morgan fingerprint density at radius 3 is 2.40 bits per heavy atom. The first-order chi connectivity index (χ1) is 13.7. The number of amides is 1. The average molecular weight is 456 g/mol. The van der Waals surface area contributed by atoms with Crippen molar-refractivity contribution in [3.05, 3.63) is 36.4 Å². The van der Waals surface area contributed by atoms with Gasteiger partial charge < -0.3 is 14.0 Å². The molecule has 30 heavy (non-hydrogen) atoms. The molecule has 1 rings (SSSR count). The second kappa shape index (κ2) is 9.89. The number of ether oxygens (including phenoxy) is 2. The number of alkyl halides is 4. The van der Waals surface area contributed by atoms with Gasteiger partial charge in [-0.3, -0.25) is 5.32 Å². The Bertz CT molecular complexity index is 903. The van der Waals surface area contributed by atoms with Gasteiger partial charge in [0, 0.05) is 23.7 Å². The zero-order valence-corrected chi connectivity index (χ0v) is 16.4. The Balaban J connectivity index is 2.46. The molecule has 0 heterocycles. The number of carbonyl (C=O) groups is 2. The molecule has 1 aromatic carbocycles. The van der Waals surface area contributed by atoms with E-state index in [0.717, 1.165) is 0 Å². The monoisotopic (exact) mass is 456 g/mol. The first-order valence-corrected chi connectivity index (χ1v) is 9.71. The molecule has 1 N–H and O–H groups in total. The fraction of sp³-hybridized carbons (Fsp3) is 0.412. The Kier molecular flexibility index (Phi) is 8.36. The van der Waals surface area contributed by atoms with Gasteiger partial charge in [0.2, 0.25) is 0 Å². The molecule has 0 aliphatic heterocycles. The molecule has 0 saturated heterocycles. The van der Waals surface area contributed by atoms with Crippen molar-refractivity contribution in [2.75, 3.05) is 11.9 Å². The van der Waals surface area contributed by atoms with Gasteiger partial charge in [0.05, 0.1) is 6.61 Å². The summed E-state index contributed by atoms with van der Waals surface area (Å²) in [6, 6.07) is 5.64. The highest BCUT2D eigenvalue weighted by Crippen LogP contribution is 2.41. The lowest BCUT2D eigenvalue weighted by Crippen LogP contribution is -2.46. The van der Waals surface area contributed by atoms with Crippen LogP contribution in [-0.2, 0) is 19.6 Å². The molecule has 0 bridgehead atoms. The van der Waals surface area contributed by atoms with E-state index in [0.29, 0.717) is 0 Å². The summed E-state index contributed by atoms with van der Waals surface area (Å²) in [4.78, 5) is 23.1. The van der Waals surface area contributed by atoms with Crippen molar-refractivity contribution >= 4 is 27.9 Å². The third-order valence-corrected chi connectivity index (χ3v) is 4.42. The summed E-state index contributed by atoms with van der Waals surface area (Å²) in [5.74, 6) is -5.63. The summed E-state index contributed by atoms with van der Waals surface area (Å²) < 4.78 is 92.9. The quantitative estimate of drug-likeness (QED) is 0.142. The zero-order chi connectivity index (χ0) is 23.2. The van der Waals surface area contributed by atoms with E-state index in [1.807, 2.05) is 0 Å². The maximum absolute atomic E-state index is 13.3. The fourth-order valence-corrected chi connectivity index (χ4v) is 2.40. The van der Waals surface area contributed by atoms with Gasteiger partial charge >= 0.3 is 23.2 Å². The summed E-state index contributed by atoms with van der Waals surface area (Å²) in [5.41, 5.74) is 0.336. The molecule has 1 amide bonds. The molecule has 168 valence electrons. The van der Waals surface area contributed by atoms with Crippen molar-refractivity contribution in [2.45, 2.75) is 37.4 Å². The van der Waals surface area contributed by atoms with Crippen LogP contribution < -0.4 is 10.1 Å². The van der Waals surface area contributed by atoms with Gasteiger partial charge in [0.1, 0.15) is 5.75 Å². The van der Waals surface area contributed by atoms with Crippen LogP contribution in [0.3, 0.4) is 0 Å². The highest BCUT2D eigenvalue weighted by atomic mass is 32.2. The number of halogens is 4. The molecule has 0 aromatic heterocycles. The van der Waals surface area contributed by atoms with Crippen LogP contribution >= 0.6 is 0 Å². The molecule has 0 aliphatic carbocycles. The molecular weight excluding hydrogens is 438 g/mol. The highest BCUT2D eigenvalue weighted by molar-refractivity contribution is 7.86. The Hall–Kier alpha value is -2.67. The van der Waals surface area contributed by atoms with Gasteiger partial charge in [-0.1, -0.05) is 12.6 Å². The number of anilines is 1. The lowest BCUT2D eigenvalue weighted by atomic mass is 10.1. The second-order valence-electron chi connectivity index (χ2n) is 6.09. The fourth-order valence-electron chi connectivity index (χ4n) is 1.93. The molecule has 0 spiro atoms. The van der Waals surface area contributed by atoms with E-state index in [1.54, 1.807) is 0 Å². The van der Waals surface area contributed by atoms with E-state index in [2.05, 4.69) is 16.6 Å². The Morgan fingerprint density at radius 1 is 1.20 bits per heavy atom. The van der Waals surface area contributed by atoms with E-state index in [4.69, 9.17) is 4.74 Å². The zero-order valence-electron chi connectivity index (χ0n) is 15.6. The number of hydrogen-bond donors (Lipinski definition) is 1. The second-order valence-corrected chi connectivity index (χ2v) is 7.51. The van der Waals surface area contributed by atoms with Crippen molar-refractivity contribution < 1.29 is 49.6 Å². The van der Waals surface area contributed by atoms with Gasteiger partial charge in [-0.15, -0.1) is 0 Å². The average Bonchev–Trinajstić information content (AvgIpc) is 2.60. The summed E-state index contributed by atoms with van der Waals surface area (Å²) in [5, 5.41) is -3.47. The Labute approximate surface area is 169 Å². The van der Waals surface area contributed by atoms with Crippen LogP contribution in [0.4, 0.5) is 28.0 Å². The summed E-state index contributed by atoms with van der Waals surface area (Å²) in [6.45, 7) is 4.41.